The minimum atomic E-state index is 0. The number of hydrogen-bond acceptors (Lipinski definition) is 14. The van der Waals surface area contributed by atoms with Crippen molar-refractivity contribution in [1.82, 2.24) is 19.9 Å². The average Bonchev–Trinajstić information content (AvgIpc) is 2.99. The summed E-state index contributed by atoms with van der Waals surface area (Å²) in [5.74, 6) is 0. The summed E-state index contributed by atoms with van der Waals surface area (Å²) in [5, 5.41) is 49.0. The Morgan fingerprint density at radius 1 is 0.524 bits per heavy atom. The van der Waals surface area contributed by atoms with Gasteiger partial charge in [-0.3, -0.25) is 19.8 Å². The van der Waals surface area contributed by atoms with Crippen LogP contribution >= 0.6 is 24.8 Å². The van der Waals surface area contributed by atoms with Crippen LogP contribution in [0.5, 0.6) is 0 Å². The summed E-state index contributed by atoms with van der Waals surface area (Å²) in [4.78, 5) is 15.1. The molecule has 0 bridgehead atoms. The van der Waals surface area contributed by atoms with Crippen LogP contribution in [0.1, 0.15) is 0 Å². The van der Waals surface area contributed by atoms with E-state index < -0.39 is 0 Å². The van der Waals surface area contributed by atoms with Gasteiger partial charge in [0, 0.05) is 37.9 Å². The minimum Gasteiger partial charge on any atom is -0.411 e. The molecule has 4 aliphatic heterocycles. The van der Waals surface area contributed by atoms with Gasteiger partial charge >= 0.3 is 0 Å². The summed E-state index contributed by atoms with van der Waals surface area (Å²) < 4.78 is 0. The molecule has 16 heteroatoms. The van der Waals surface area contributed by atoms with Gasteiger partial charge in [0.2, 0.25) is 0 Å². The van der Waals surface area contributed by atoms with Crippen LogP contribution in [0, 0.1) is 0 Å². The third-order valence-corrected chi connectivity index (χ3v) is 5.56. The van der Waals surface area contributed by atoms with Gasteiger partial charge in [-0.1, -0.05) is 44.9 Å². The molecule has 228 valence electrons. The lowest BCUT2D eigenvalue weighted by atomic mass is 10.2. The second kappa shape index (κ2) is 20.4. The Morgan fingerprint density at radius 2 is 0.833 bits per heavy atom. The predicted octanol–water partition coefficient (Wildman–Crippen LogP) is 3.46. The first-order valence-corrected chi connectivity index (χ1v) is 12.1. The monoisotopic (exact) mass is 624 g/mol. The Kier molecular flexibility index (Phi) is 17.2. The zero-order valence-electron chi connectivity index (χ0n) is 22.5. The van der Waals surface area contributed by atoms with Crippen molar-refractivity contribution in [1.29, 1.82) is 0 Å². The molecule has 4 N–H and O–H groups in total. The molecule has 42 heavy (non-hydrogen) atoms. The van der Waals surface area contributed by atoms with E-state index in [1.165, 1.54) is 24.9 Å². The fraction of sp³-hybridized carbons (Fsp3) is 0.231. The summed E-state index contributed by atoms with van der Waals surface area (Å²) in [6.45, 7) is 3.39. The van der Waals surface area contributed by atoms with E-state index in [0.29, 0.717) is 39.6 Å². The smallest absolute Gasteiger partial charge is 0.146 e. The van der Waals surface area contributed by atoms with Gasteiger partial charge < -0.3 is 30.6 Å². The normalized spacial score (nSPS) is 18.1. The molecule has 0 saturated carbocycles. The Bertz CT molecular complexity index is 1020. The van der Waals surface area contributed by atoms with Crippen LogP contribution in [-0.2, 0) is 9.68 Å². The number of hydroxylamine groups is 4. The third-order valence-electron chi connectivity index (χ3n) is 5.56. The molecule has 0 aromatic heterocycles. The fourth-order valence-corrected chi connectivity index (χ4v) is 3.40. The first-order valence-electron chi connectivity index (χ1n) is 12.1. The van der Waals surface area contributed by atoms with Gasteiger partial charge in [-0.05, 0) is 46.6 Å². The highest BCUT2D eigenvalue weighted by atomic mass is 35.5. The van der Waals surface area contributed by atoms with Crippen molar-refractivity contribution in [3.8, 4) is 0 Å². The second-order valence-electron chi connectivity index (χ2n) is 8.32. The van der Waals surface area contributed by atoms with E-state index in [1.807, 2.05) is 58.7 Å². The highest BCUT2D eigenvalue weighted by Crippen LogP contribution is 2.10. The van der Waals surface area contributed by atoms with E-state index in [-0.39, 0.29) is 24.8 Å². The van der Waals surface area contributed by atoms with Gasteiger partial charge in [0.05, 0.1) is 37.9 Å². The summed E-state index contributed by atoms with van der Waals surface area (Å²) in [7, 11) is 0. The van der Waals surface area contributed by atoms with Crippen LogP contribution in [0.2, 0.25) is 0 Å². The van der Waals surface area contributed by atoms with E-state index >= 15 is 0 Å². The molecule has 14 nitrogen and oxygen atoms in total. The Hall–Kier alpha value is -4.50. The summed E-state index contributed by atoms with van der Waals surface area (Å²) in [5.41, 5.74) is 3.39. The van der Waals surface area contributed by atoms with E-state index in [9.17, 15) is 0 Å². The maximum atomic E-state index is 8.43. The highest BCUT2D eigenvalue weighted by Gasteiger charge is 2.09. The SMILES string of the molecule is Cl.Cl.ON=CC1=CCN(CON2C=CC(C=NO)=CC2)C=C1.ON=CC1=CCN(CON2C=CC(C=NO)=CC2)C=C1. The third kappa shape index (κ3) is 12.8. The van der Waals surface area contributed by atoms with Crippen LogP contribution < -0.4 is 0 Å². The fourth-order valence-electron chi connectivity index (χ4n) is 3.40. The average molecular weight is 626 g/mol. The number of rotatable bonds is 10. The van der Waals surface area contributed by atoms with E-state index in [4.69, 9.17) is 30.5 Å². The highest BCUT2D eigenvalue weighted by molar-refractivity contribution is 5.86. The molecule has 4 heterocycles. The molecular weight excluding hydrogens is 591 g/mol. The van der Waals surface area contributed by atoms with Gasteiger partial charge in [0.1, 0.15) is 13.5 Å². The maximum absolute atomic E-state index is 8.43. The molecule has 0 unspecified atom stereocenters. The van der Waals surface area contributed by atoms with Crippen molar-refractivity contribution >= 4 is 49.7 Å². The first kappa shape index (κ1) is 35.5. The zero-order valence-corrected chi connectivity index (χ0v) is 24.1. The topological polar surface area (TPSA) is 162 Å². The van der Waals surface area contributed by atoms with Crippen molar-refractivity contribution in [2.75, 3.05) is 39.6 Å². The van der Waals surface area contributed by atoms with Crippen LogP contribution in [0.4, 0.5) is 0 Å². The molecule has 0 amide bonds. The number of oxime groups is 4. The number of nitrogens with zero attached hydrogens (tertiary/aromatic N) is 8. The summed E-state index contributed by atoms with van der Waals surface area (Å²) in [6.07, 6.45) is 27.8. The molecule has 0 aliphatic carbocycles. The lowest BCUT2D eigenvalue weighted by Crippen LogP contribution is -2.30. The Labute approximate surface area is 255 Å². The van der Waals surface area contributed by atoms with Crippen molar-refractivity contribution in [3.63, 3.8) is 0 Å². The van der Waals surface area contributed by atoms with Gasteiger partial charge in [0.15, 0.2) is 0 Å². The number of allylic oxidation sites excluding steroid dienone is 8. The van der Waals surface area contributed by atoms with E-state index in [0.717, 1.165) is 22.3 Å². The van der Waals surface area contributed by atoms with Crippen molar-refractivity contribution in [3.05, 3.63) is 95.7 Å². The Balaban J connectivity index is 0.000000401. The molecular formula is C26H34Cl2N8O6. The lowest BCUT2D eigenvalue weighted by molar-refractivity contribution is -0.144. The number of hydrogen-bond donors (Lipinski definition) is 4. The van der Waals surface area contributed by atoms with Crippen LogP contribution in [0.15, 0.2) is 116 Å². The standard InChI is InChI=1S/2C13H16N4O3.2ClH/c2*18-14-9-12-1-5-16(6-2-12)11-20-17-7-3-13(4-8-17)10-15-19;;/h2*1-5,7,9-10,18-19H,6,8,11H2;2*1H. The molecule has 0 saturated heterocycles. The van der Waals surface area contributed by atoms with E-state index in [1.54, 1.807) is 34.7 Å². The predicted molar refractivity (Wildman–Crippen MR) is 163 cm³/mol. The Morgan fingerprint density at radius 3 is 1.07 bits per heavy atom. The molecule has 0 radical (unpaired) electrons. The van der Waals surface area contributed by atoms with Crippen molar-refractivity contribution < 1.29 is 30.5 Å². The van der Waals surface area contributed by atoms with Gasteiger partial charge in [-0.15, -0.1) is 24.8 Å². The van der Waals surface area contributed by atoms with E-state index in [2.05, 4.69) is 20.6 Å². The second-order valence-corrected chi connectivity index (χ2v) is 8.32. The largest absolute Gasteiger partial charge is 0.411 e. The van der Waals surface area contributed by atoms with Gasteiger partial charge in [0.25, 0.3) is 0 Å². The summed E-state index contributed by atoms with van der Waals surface area (Å²) >= 11 is 0. The summed E-state index contributed by atoms with van der Waals surface area (Å²) in [6, 6.07) is 0. The quantitative estimate of drug-likeness (QED) is 0.161. The molecule has 4 aliphatic rings. The van der Waals surface area contributed by atoms with Crippen LogP contribution in [-0.4, -0.2) is 105 Å². The molecule has 0 fully saturated rings. The number of halogens is 2. The van der Waals surface area contributed by atoms with Gasteiger partial charge in [-0.25, -0.2) is 0 Å². The van der Waals surface area contributed by atoms with Crippen molar-refractivity contribution in [2.45, 2.75) is 0 Å². The molecule has 0 spiro atoms. The minimum absolute atomic E-state index is 0. The lowest BCUT2D eigenvalue weighted by Gasteiger charge is -2.26. The zero-order chi connectivity index (χ0) is 28.4. The molecule has 0 atom stereocenters. The molecule has 4 rings (SSSR count). The maximum Gasteiger partial charge on any atom is 0.146 e. The van der Waals surface area contributed by atoms with Crippen LogP contribution in [0.25, 0.3) is 0 Å². The first-order chi connectivity index (χ1) is 19.6. The molecule has 0 aromatic rings. The van der Waals surface area contributed by atoms with Gasteiger partial charge in [-0.2, -0.15) is 0 Å². The van der Waals surface area contributed by atoms with Crippen molar-refractivity contribution in [2.24, 2.45) is 20.6 Å². The molecule has 0 aromatic carbocycles. The van der Waals surface area contributed by atoms with Crippen LogP contribution in [0.3, 0.4) is 0 Å².